The van der Waals surface area contributed by atoms with Gasteiger partial charge in [0.15, 0.2) is 0 Å². The van der Waals surface area contributed by atoms with Crippen molar-refractivity contribution in [3.05, 3.63) is 0 Å². The Labute approximate surface area is 84.4 Å². The zero-order valence-corrected chi connectivity index (χ0v) is 9.64. The molecule has 0 amide bonds. The number of hydrogen-bond donors (Lipinski definition) is 1. The van der Waals surface area contributed by atoms with Crippen LogP contribution in [0.25, 0.3) is 0 Å². The maximum Gasteiger partial charge on any atom is 0.0161 e. The molecule has 0 saturated carbocycles. The lowest BCUT2D eigenvalue weighted by Gasteiger charge is -2.25. The van der Waals surface area contributed by atoms with Crippen LogP contribution in [0.5, 0.6) is 0 Å². The standard InChI is InChI=1S/C9H19NS2/c1-8(6-11-2)10-9-4-3-5-12-7-9/h8-10H,3-7H2,1-2H3. The van der Waals surface area contributed by atoms with Crippen molar-refractivity contribution in [1.29, 1.82) is 0 Å². The summed E-state index contributed by atoms with van der Waals surface area (Å²) in [6, 6.07) is 1.47. The third kappa shape index (κ3) is 4.06. The van der Waals surface area contributed by atoms with Crippen molar-refractivity contribution in [2.75, 3.05) is 23.5 Å². The van der Waals surface area contributed by atoms with Crippen LogP contribution in [0, 0.1) is 0 Å². The first-order chi connectivity index (χ1) is 5.83. The fourth-order valence-corrected chi connectivity index (χ4v) is 3.25. The molecule has 0 aliphatic carbocycles. The Kier molecular flexibility index (Phi) is 5.52. The summed E-state index contributed by atoms with van der Waals surface area (Å²) in [5.74, 6) is 3.93. The minimum atomic E-state index is 0.684. The summed E-state index contributed by atoms with van der Waals surface area (Å²) >= 11 is 4.02. The molecule has 1 aliphatic rings. The van der Waals surface area contributed by atoms with E-state index in [0.29, 0.717) is 6.04 Å². The van der Waals surface area contributed by atoms with Crippen molar-refractivity contribution in [3.63, 3.8) is 0 Å². The second-order valence-corrected chi connectivity index (χ2v) is 5.50. The molecule has 0 aromatic rings. The van der Waals surface area contributed by atoms with E-state index in [2.05, 4.69) is 30.3 Å². The summed E-state index contributed by atoms with van der Waals surface area (Å²) in [5.41, 5.74) is 0. The molecule has 1 saturated heterocycles. The second-order valence-electron chi connectivity index (χ2n) is 3.44. The van der Waals surface area contributed by atoms with Crippen LogP contribution in [0.1, 0.15) is 19.8 Å². The molecule has 1 nitrogen and oxygen atoms in total. The summed E-state index contributed by atoms with van der Waals surface area (Å²) in [4.78, 5) is 0. The Morgan fingerprint density at radius 2 is 2.50 bits per heavy atom. The molecule has 0 bridgehead atoms. The first-order valence-electron chi connectivity index (χ1n) is 4.65. The Hall–Kier alpha value is 0.660. The van der Waals surface area contributed by atoms with Crippen molar-refractivity contribution < 1.29 is 0 Å². The van der Waals surface area contributed by atoms with Gasteiger partial charge in [0.1, 0.15) is 0 Å². The van der Waals surface area contributed by atoms with E-state index < -0.39 is 0 Å². The Morgan fingerprint density at radius 3 is 3.08 bits per heavy atom. The molecule has 1 N–H and O–H groups in total. The van der Waals surface area contributed by atoms with Crippen LogP contribution in [0.4, 0.5) is 0 Å². The summed E-state index contributed by atoms with van der Waals surface area (Å²) in [7, 11) is 0. The van der Waals surface area contributed by atoms with Crippen LogP contribution >= 0.6 is 23.5 Å². The van der Waals surface area contributed by atoms with Gasteiger partial charge in [0.2, 0.25) is 0 Å². The Bertz CT molecular complexity index is 113. The van der Waals surface area contributed by atoms with Crippen LogP contribution < -0.4 is 5.32 Å². The molecule has 1 heterocycles. The van der Waals surface area contributed by atoms with Gasteiger partial charge in [-0.2, -0.15) is 23.5 Å². The Morgan fingerprint density at radius 1 is 1.67 bits per heavy atom. The molecule has 2 unspecified atom stereocenters. The Balaban J connectivity index is 2.11. The van der Waals surface area contributed by atoms with Crippen molar-refractivity contribution in [2.45, 2.75) is 31.8 Å². The first-order valence-corrected chi connectivity index (χ1v) is 7.20. The van der Waals surface area contributed by atoms with E-state index in [4.69, 9.17) is 0 Å². The highest BCUT2D eigenvalue weighted by atomic mass is 32.2. The highest BCUT2D eigenvalue weighted by molar-refractivity contribution is 7.99. The fourth-order valence-electron chi connectivity index (χ4n) is 1.57. The van der Waals surface area contributed by atoms with Gasteiger partial charge in [-0.1, -0.05) is 0 Å². The van der Waals surface area contributed by atoms with Gasteiger partial charge in [0.05, 0.1) is 0 Å². The van der Waals surface area contributed by atoms with E-state index in [9.17, 15) is 0 Å². The minimum absolute atomic E-state index is 0.684. The zero-order valence-electron chi connectivity index (χ0n) is 8.01. The molecule has 1 fully saturated rings. The smallest absolute Gasteiger partial charge is 0.0161 e. The molecule has 1 rings (SSSR count). The molecule has 72 valence electrons. The van der Waals surface area contributed by atoms with Crippen molar-refractivity contribution in [3.8, 4) is 0 Å². The van der Waals surface area contributed by atoms with E-state index in [1.807, 2.05) is 11.8 Å². The molecular formula is C9H19NS2. The van der Waals surface area contributed by atoms with Crippen molar-refractivity contribution in [2.24, 2.45) is 0 Å². The van der Waals surface area contributed by atoms with Crippen LogP contribution in [0.3, 0.4) is 0 Å². The van der Waals surface area contributed by atoms with Crippen LogP contribution in [0.15, 0.2) is 0 Å². The largest absolute Gasteiger partial charge is 0.310 e. The second kappa shape index (κ2) is 6.17. The molecule has 2 atom stereocenters. The van der Waals surface area contributed by atoms with Gasteiger partial charge in [-0.25, -0.2) is 0 Å². The van der Waals surface area contributed by atoms with Crippen LogP contribution in [-0.2, 0) is 0 Å². The lowest BCUT2D eigenvalue weighted by atomic mass is 10.1. The third-order valence-corrected chi connectivity index (χ3v) is 4.15. The topological polar surface area (TPSA) is 12.0 Å². The third-order valence-electron chi connectivity index (χ3n) is 2.10. The molecule has 0 spiro atoms. The molecule has 0 aromatic heterocycles. The molecule has 0 aromatic carbocycles. The van der Waals surface area contributed by atoms with Crippen molar-refractivity contribution in [1.82, 2.24) is 5.32 Å². The summed E-state index contributed by atoms with van der Waals surface area (Å²) in [6.45, 7) is 2.29. The highest BCUT2D eigenvalue weighted by Crippen LogP contribution is 2.17. The number of thioether (sulfide) groups is 2. The predicted octanol–water partition coefficient (Wildman–Crippen LogP) is 2.22. The normalized spacial score (nSPS) is 27.0. The lowest BCUT2D eigenvalue weighted by molar-refractivity contribution is 0.465. The predicted molar refractivity (Wildman–Crippen MR) is 61.3 cm³/mol. The van der Waals surface area contributed by atoms with Crippen molar-refractivity contribution >= 4 is 23.5 Å². The van der Waals surface area contributed by atoms with E-state index in [-0.39, 0.29) is 0 Å². The molecule has 3 heteroatoms. The first kappa shape index (κ1) is 10.7. The average Bonchev–Trinajstić information content (AvgIpc) is 2.06. The number of nitrogens with one attached hydrogen (secondary N) is 1. The van der Waals surface area contributed by atoms with Gasteiger partial charge in [-0.05, 0) is 31.8 Å². The number of hydrogen-bond acceptors (Lipinski definition) is 3. The lowest BCUT2D eigenvalue weighted by Crippen LogP contribution is -2.40. The van der Waals surface area contributed by atoms with E-state index >= 15 is 0 Å². The highest BCUT2D eigenvalue weighted by Gasteiger charge is 2.14. The van der Waals surface area contributed by atoms with Gasteiger partial charge in [-0.15, -0.1) is 0 Å². The monoisotopic (exact) mass is 205 g/mol. The maximum atomic E-state index is 3.68. The maximum absolute atomic E-state index is 3.68. The molecule has 12 heavy (non-hydrogen) atoms. The SMILES string of the molecule is CSCC(C)NC1CCCSC1. The van der Waals surface area contributed by atoms with Gasteiger partial charge in [0.25, 0.3) is 0 Å². The van der Waals surface area contributed by atoms with E-state index in [0.717, 1.165) is 6.04 Å². The quantitative estimate of drug-likeness (QED) is 0.756. The van der Waals surface area contributed by atoms with E-state index in [1.165, 1.54) is 30.1 Å². The minimum Gasteiger partial charge on any atom is -0.310 e. The average molecular weight is 205 g/mol. The van der Waals surface area contributed by atoms with Gasteiger partial charge >= 0.3 is 0 Å². The van der Waals surface area contributed by atoms with E-state index in [1.54, 1.807) is 0 Å². The number of rotatable bonds is 4. The van der Waals surface area contributed by atoms with Crippen LogP contribution in [0.2, 0.25) is 0 Å². The van der Waals surface area contributed by atoms with Gasteiger partial charge in [0, 0.05) is 23.6 Å². The molecule has 1 aliphatic heterocycles. The molecular weight excluding hydrogens is 186 g/mol. The van der Waals surface area contributed by atoms with Gasteiger partial charge < -0.3 is 5.32 Å². The summed E-state index contributed by atoms with van der Waals surface area (Å²) in [6.07, 6.45) is 4.95. The summed E-state index contributed by atoms with van der Waals surface area (Å²) in [5, 5.41) is 3.68. The van der Waals surface area contributed by atoms with Crippen LogP contribution in [-0.4, -0.2) is 35.6 Å². The fraction of sp³-hybridized carbons (Fsp3) is 1.00. The molecule has 0 radical (unpaired) electrons. The van der Waals surface area contributed by atoms with Gasteiger partial charge in [-0.3, -0.25) is 0 Å². The summed E-state index contributed by atoms with van der Waals surface area (Å²) < 4.78 is 0. The zero-order chi connectivity index (χ0) is 8.81.